The summed E-state index contributed by atoms with van der Waals surface area (Å²) in [6.07, 6.45) is 2.35. The number of nitrogens with zero attached hydrogens (tertiary/aromatic N) is 1. The van der Waals surface area contributed by atoms with E-state index in [1.807, 2.05) is 19.1 Å². The van der Waals surface area contributed by atoms with Gasteiger partial charge in [0.1, 0.15) is 5.76 Å². The predicted molar refractivity (Wildman–Crippen MR) is 54.1 cm³/mol. The van der Waals surface area contributed by atoms with Gasteiger partial charge < -0.3 is 14.6 Å². The molecule has 0 spiro atoms. The van der Waals surface area contributed by atoms with E-state index in [1.54, 1.807) is 20.4 Å². The predicted octanol–water partition coefficient (Wildman–Crippen LogP) is 1.48. The highest BCUT2D eigenvalue weighted by molar-refractivity contribution is 5.73. The monoisotopic (exact) mass is 196 g/mol. The maximum atomic E-state index is 11.3. The highest BCUT2D eigenvalue weighted by Gasteiger charge is 2.10. The molecule has 0 radical (unpaired) electrons. The van der Waals surface area contributed by atoms with E-state index in [9.17, 15) is 4.79 Å². The van der Waals surface area contributed by atoms with Crippen molar-refractivity contribution in [2.45, 2.75) is 19.4 Å². The van der Waals surface area contributed by atoms with E-state index >= 15 is 0 Å². The van der Waals surface area contributed by atoms with Gasteiger partial charge in [0.05, 0.1) is 6.26 Å². The number of furan rings is 1. The minimum atomic E-state index is -0.0796. The van der Waals surface area contributed by atoms with E-state index in [1.165, 1.54) is 4.90 Å². The van der Waals surface area contributed by atoms with E-state index < -0.39 is 0 Å². The Balaban J connectivity index is 2.36. The molecular formula is C10H16N2O2. The van der Waals surface area contributed by atoms with Gasteiger partial charge in [0, 0.05) is 26.6 Å². The lowest BCUT2D eigenvalue weighted by atomic mass is 10.2. The Labute approximate surface area is 83.9 Å². The van der Waals surface area contributed by atoms with E-state index in [2.05, 4.69) is 5.32 Å². The van der Waals surface area contributed by atoms with Crippen LogP contribution in [0.5, 0.6) is 0 Å². The molecule has 0 aliphatic heterocycles. The zero-order valence-corrected chi connectivity index (χ0v) is 8.78. The number of amides is 2. The summed E-state index contributed by atoms with van der Waals surface area (Å²) in [6.45, 7) is 1.95. The van der Waals surface area contributed by atoms with Crippen molar-refractivity contribution in [2.75, 3.05) is 14.1 Å². The topological polar surface area (TPSA) is 45.5 Å². The van der Waals surface area contributed by atoms with Crippen molar-refractivity contribution < 1.29 is 9.21 Å². The SMILES string of the molecule is CC(Cc1ccco1)NC(=O)N(C)C. The van der Waals surface area contributed by atoms with Gasteiger partial charge in [-0.25, -0.2) is 4.79 Å². The lowest BCUT2D eigenvalue weighted by molar-refractivity contribution is 0.213. The molecular weight excluding hydrogens is 180 g/mol. The minimum absolute atomic E-state index is 0.0796. The lowest BCUT2D eigenvalue weighted by Crippen LogP contribution is -2.40. The van der Waals surface area contributed by atoms with Gasteiger partial charge in [-0.2, -0.15) is 0 Å². The van der Waals surface area contributed by atoms with Gasteiger partial charge in [-0.15, -0.1) is 0 Å². The second-order valence-electron chi connectivity index (χ2n) is 3.53. The molecule has 0 saturated heterocycles. The molecule has 78 valence electrons. The molecule has 1 heterocycles. The number of hydrogen-bond donors (Lipinski definition) is 1. The first-order valence-electron chi connectivity index (χ1n) is 4.60. The normalized spacial score (nSPS) is 12.2. The molecule has 1 atom stereocenters. The van der Waals surface area contributed by atoms with Gasteiger partial charge >= 0.3 is 6.03 Å². The maximum Gasteiger partial charge on any atom is 0.317 e. The standard InChI is InChI=1S/C10H16N2O2/c1-8(11-10(13)12(2)3)7-9-5-4-6-14-9/h4-6,8H,7H2,1-3H3,(H,11,13). The minimum Gasteiger partial charge on any atom is -0.469 e. The highest BCUT2D eigenvalue weighted by atomic mass is 16.3. The molecule has 0 aromatic carbocycles. The quantitative estimate of drug-likeness (QED) is 0.796. The molecule has 14 heavy (non-hydrogen) atoms. The summed E-state index contributed by atoms with van der Waals surface area (Å²) >= 11 is 0. The Kier molecular flexibility index (Phi) is 3.56. The van der Waals surface area contributed by atoms with Crippen LogP contribution in [0.2, 0.25) is 0 Å². The Bertz CT molecular complexity index is 280. The van der Waals surface area contributed by atoms with Crippen molar-refractivity contribution >= 4 is 6.03 Å². The van der Waals surface area contributed by atoms with E-state index in [4.69, 9.17) is 4.42 Å². The van der Waals surface area contributed by atoms with Gasteiger partial charge in [0.25, 0.3) is 0 Å². The van der Waals surface area contributed by atoms with Gasteiger partial charge in [-0.3, -0.25) is 0 Å². The number of carbonyl (C=O) groups is 1. The van der Waals surface area contributed by atoms with Crippen molar-refractivity contribution in [3.63, 3.8) is 0 Å². The molecule has 0 aliphatic carbocycles. The fourth-order valence-corrected chi connectivity index (χ4v) is 1.12. The average molecular weight is 196 g/mol. The first-order chi connectivity index (χ1) is 6.59. The van der Waals surface area contributed by atoms with Crippen LogP contribution in [0.15, 0.2) is 22.8 Å². The van der Waals surface area contributed by atoms with Crippen LogP contribution in [-0.4, -0.2) is 31.1 Å². The van der Waals surface area contributed by atoms with Crippen molar-refractivity contribution in [1.82, 2.24) is 10.2 Å². The van der Waals surface area contributed by atoms with Crippen LogP contribution in [-0.2, 0) is 6.42 Å². The Morgan fingerprint density at radius 2 is 2.36 bits per heavy atom. The third kappa shape index (κ3) is 3.12. The number of nitrogens with one attached hydrogen (secondary N) is 1. The van der Waals surface area contributed by atoms with Crippen LogP contribution in [0.25, 0.3) is 0 Å². The van der Waals surface area contributed by atoms with Crippen LogP contribution in [0.3, 0.4) is 0 Å². The van der Waals surface area contributed by atoms with Gasteiger partial charge in [-0.1, -0.05) is 0 Å². The Hall–Kier alpha value is -1.45. The maximum absolute atomic E-state index is 11.3. The molecule has 0 fully saturated rings. The summed E-state index contributed by atoms with van der Waals surface area (Å²) in [5, 5.41) is 2.84. The molecule has 4 heteroatoms. The summed E-state index contributed by atoms with van der Waals surface area (Å²) in [4.78, 5) is 12.8. The molecule has 2 amide bonds. The molecule has 1 rings (SSSR count). The smallest absolute Gasteiger partial charge is 0.317 e. The Morgan fingerprint density at radius 1 is 1.64 bits per heavy atom. The first kappa shape index (κ1) is 10.6. The molecule has 1 N–H and O–H groups in total. The van der Waals surface area contributed by atoms with E-state index in [0.717, 1.165) is 5.76 Å². The molecule has 1 aromatic heterocycles. The average Bonchev–Trinajstić information content (AvgIpc) is 2.56. The summed E-state index contributed by atoms with van der Waals surface area (Å²) in [5.74, 6) is 0.886. The van der Waals surface area contributed by atoms with Crippen molar-refractivity contribution in [3.8, 4) is 0 Å². The lowest BCUT2D eigenvalue weighted by Gasteiger charge is -2.16. The third-order valence-electron chi connectivity index (χ3n) is 1.86. The second-order valence-corrected chi connectivity index (χ2v) is 3.53. The van der Waals surface area contributed by atoms with Crippen molar-refractivity contribution in [3.05, 3.63) is 24.2 Å². The molecule has 4 nitrogen and oxygen atoms in total. The molecule has 0 bridgehead atoms. The summed E-state index contributed by atoms with van der Waals surface area (Å²) in [6, 6.07) is 3.74. The van der Waals surface area contributed by atoms with E-state index in [0.29, 0.717) is 6.42 Å². The number of hydrogen-bond acceptors (Lipinski definition) is 2. The van der Waals surface area contributed by atoms with Crippen LogP contribution in [0, 0.1) is 0 Å². The zero-order valence-electron chi connectivity index (χ0n) is 8.78. The van der Waals surface area contributed by atoms with Gasteiger partial charge in [-0.05, 0) is 19.1 Å². The number of rotatable bonds is 3. The Morgan fingerprint density at radius 3 is 2.86 bits per heavy atom. The summed E-state index contributed by atoms with van der Waals surface area (Å²) in [7, 11) is 3.43. The van der Waals surface area contributed by atoms with Gasteiger partial charge in [0.2, 0.25) is 0 Å². The third-order valence-corrected chi connectivity index (χ3v) is 1.86. The zero-order chi connectivity index (χ0) is 10.6. The van der Waals surface area contributed by atoms with Crippen LogP contribution in [0.1, 0.15) is 12.7 Å². The first-order valence-corrected chi connectivity index (χ1v) is 4.60. The number of urea groups is 1. The van der Waals surface area contributed by atoms with Crippen molar-refractivity contribution in [1.29, 1.82) is 0 Å². The van der Waals surface area contributed by atoms with Crippen LogP contribution < -0.4 is 5.32 Å². The van der Waals surface area contributed by atoms with Gasteiger partial charge in [0.15, 0.2) is 0 Å². The fraction of sp³-hybridized carbons (Fsp3) is 0.500. The molecule has 0 saturated carbocycles. The van der Waals surface area contributed by atoms with Crippen LogP contribution >= 0.6 is 0 Å². The van der Waals surface area contributed by atoms with Crippen LogP contribution in [0.4, 0.5) is 4.79 Å². The number of carbonyl (C=O) groups excluding carboxylic acids is 1. The fourth-order valence-electron chi connectivity index (χ4n) is 1.12. The molecule has 1 unspecified atom stereocenters. The summed E-state index contributed by atoms with van der Waals surface area (Å²) in [5.41, 5.74) is 0. The molecule has 0 aliphatic rings. The highest BCUT2D eigenvalue weighted by Crippen LogP contribution is 2.03. The van der Waals surface area contributed by atoms with Crippen molar-refractivity contribution in [2.24, 2.45) is 0 Å². The largest absolute Gasteiger partial charge is 0.469 e. The van der Waals surface area contributed by atoms with E-state index in [-0.39, 0.29) is 12.1 Å². The molecule has 1 aromatic rings. The second kappa shape index (κ2) is 4.69. The summed E-state index contributed by atoms with van der Waals surface area (Å²) < 4.78 is 5.18.